The number of fused-ring (bicyclic) bond motifs is 1. The van der Waals surface area contributed by atoms with Crippen molar-refractivity contribution in [1.29, 1.82) is 5.26 Å². The number of carbonyl (C=O) groups excluding carboxylic acids is 2. The van der Waals surface area contributed by atoms with Crippen molar-refractivity contribution in [3.63, 3.8) is 0 Å². The molecule has 3 aliphatic rings. The van der Waals surface area contributed by atoms with E-state index in [9.17, 15) is 14.9 Å². The maximum Gasteiger partial charge on any atom is 0.414 e. The van der Waals surface area contributed by atoms with E-state index in [2.05, 4.69) is 21.7 Å². The number of ether oxygens (including phenoxy) is 1. The first-order valence-corrected chi connectivity index (χ1v) is 10.6. The molecule has 2 aliphatic heterocycles. The monoisotopic (exact) mass is 453 g/mol. The second-order valence-electron chi connectivity index (χ2n) is 8.61. The summed E-state index contributed by atoms with van der Waals surface area (Å²) >= 11 is 0. The number of nitrogens with zero attached hydrogens (tertiary/aromatic N) is 3. The average Bonchev–Trinajstić information content (AvgIpc) is 3.10. The van der Waals surface area contributed by atoms with Gasteiger partial charge in [-0.2, -0.15) is 5.26 Å². The Labute approximate surface area is 188 Å². The van der Waals surface area contributed by atoms with E-state index < -0.39 is 29.2 Å². The third kappa shape index (κ3) is 3.31. The normalized spacial score (nSPS) is 27.6. The molecular weight excluding hydrogens is 432 g/mol. The fraction of sp³-hybridized carbons (Fsp3) is 0.391. The number of benzene rings is 1. The van der Waals surface area contributed by atoms with Crippen LogP contribution >= 0.6 is 0 Å². The predicted molar refractivity (Wildman–Crippen MR) is 113 cm³/mol. The number of hydrogen-bond donors (Lipinski definition) is 2. The van der Waals surface area contributed by atoms with Gasteiger partial charge in [-0.1, -0.05) is 0 Å². The van der Waals surface area contributed by atoms with E-state index in [1.807, 2.05) is 0 Å². The smallest absolute Gasteiger partial charge is 0.414 e. The van der Waals surface area contributed by atoms with Gasteiger partial charge in [0.15, 0.2) is 0 Å². The van der Waals surface area contributed by atoms with Gasteiger partial charge in [-0.25, -0.2) is 13.6 Å². The second kappa shape index (κ2) is 7.78. The predicted octanol–water partition coefficient (Wildman–Crippen LogP) is 2.10. The number of amides is 2. The van der Waals surface area contributed by atoms with E-state index in [4.69, 9.17) is 4.74 Å². The molecule has 10 heteroatoms. The number of nitriles is 1. The first-order valence-electron chi connectivity index (χ1n) is 10.6. The van der Waals surface area contributed by atoms with E-state index in [1.54, 1.807) is 6.07 Å². The molecule has 3 heterocycles. The minimum Gasteiger partial charge on any atom is -0.442 e. The minimum atomic E-state index is -0.866. The Morgan fingerprint density at radius 3 is 2.70 bits per heavy atom. The molecule has 0 bridgehead atoms. The van der Waals surface area contributed by atoms with Gasteiger partial charge in [-0.15, -0.1) is 0 Å². The first-order chi connectivity index (χ1) is 15.9. The number of piperidine rings is 1. The molecule has 1 aliphatic carbocycles. The maximum atomic E-state index is 15.3. The highest BCUT2D eigenvalue weighted by atomic mass is 19.1. The lowest BCUT2D eigenvalue weighted by atomic mass is 9.86. The molecule has 170 valence electrons. The van der Waals surface area contributed by atoms with Crippen LogP contribution in [0.4, 0.5) is 19.3 Å². The van der Waals surface area contributed by atoms with Gasteiger partial charge >= 0.3 is 6.09 Å². The standard InChI is InChI=1S/C23H21F2N5O3/c1-12(31)29-6-14-10-30(22(32)33-14)13-4-19(24)21(20(25)5-13)15-7-27-3-2-16(15)23(11-26)17-8-28-9-18(17)23/h2-5,7,14,17-18,28H,6,8-10H2,1H3,(H,29,31)/t14-,17-,18+,23?/m0/s1. The lowest BCUT2D eigenvalue weighted by molar-refractivity contribution is -0.119. The van der Waals surface area contributed by atoms with E-state index >= 15 is 8.78 Å². The van der Waals surface area contributed by atoms with Crippen LogP contribution in [0.2, 0.25) is 0 Å². The third-order valence-corrected chi connectivity index (χ3v) is 6.79. The molecule has 8 nitrogen and oxygen atoms in total. The van der Waals surface area contributed by atoms with Gasteiger partial charge < -0.3 is 15.4 Å². The number of rotatable bonds is 5. The van der Waals surface area contributed by atoms with E-state index in [-0.39, 0.29) is 47.6 Å². The zero-order valence-corrected chi connectivity index (χ0v) is 17.8. The molecule has 2 N–H and O–H groups in total. The largest absolute Gasteiger partial charge is 0.442 e. The van der Waals surface area contributed by atoms with Crippen molar-refractivity contribution in [3.05, 3.63) is 47.8 Å². The Bertz CT molecular complexity index is 1160. The van der Waals surface area contributed by atoms with Crippen LogP contribution in [0.1, 0.15) is 12.5 Å². The quantitative estimate of drug-likeness (QED) is 0.718. The zero-order chi connectivity index (χ0) is 23.3. The summed E-state index contributed by atoms with van der Waals surface area (Å²) < 4.78 is 35.8. The number of aromatic nitrogens is 1. The molecule has 2 aromatic rings. The van der Waals surface area contributed by atoms with Crippen LogP contribution in [0.25, 0.3) is 11.1 Å². The minimum absolute atomic E-state index is 0.0111. The number of halogens is 2. The Morgan fingerprint density at radius 2 is 2.06 bits per heavy atom. The number of cyclic esters (lactones) is 1. The van der Waals surface area contributed by atoms with Crippen molar-refractivity contribution in [1.82, 2.24) is 15.6 Å². The summed E-state index contributed by atoms with van der Waals surface area (Å²) in [5.74, 6) is -1.82. The van der Waals surface area contributed by atoms with Crippen molar-refractivity contribution in [3.8, 4) is 17.2 Å². The summed E-state index contributed by atoms with van der Waals surface area (Å²) in [4.78, 5) is 28.5. The van der Waals surface area contributed by atoms with Gasteiger partial charge in [-0.05, 0) is 23.8 Å². The fourth-order valence-electron chi connectivity index (χ4n) is 5.19. The molecule has 5 rings (SSSR count). The topological polar surface area (TPSA) is 107 Å². The molecule has 1 unspecified atom stereocenters. The molecular formula is C23H21F2N5O3. The third-order valence-electron chi connectivity index (χ3n) is 6.79. The summed E-state index contributed by atoms with van der Waals surface area (Å²) in [5.41, 5.74) is -0.258. The SMILES string of the molecule is CC(=O)NC[C@H]1CN(c2cc(F)c(-c3cnccc3C3(C#N)[C@@H]4CNC[C@@H]43)c(F)c2)C(=O)O1. The van der Waals surface area contributed by atoms with Crippen LogP contribution in [0.3, 0.4) is 0 Å². The summed E-state index contributed by atoms with van der Waals surface area (Å²) in [5, 5.41) is 15.8. The molecule has 0 radical (unpaired) electrons. The van der Waals surface area contributed by atoms with E-state index in [1.165, 1.54) is 19.3 Å². The van der Waals surface area contributed by atoms with Crippen molar-refractivity contribution in [2.45, 2.75) is 18.4 Å². The zero-order valence-electron chi connectivity index (χ0n) is 17.8. The molecule has 1 aromatic carbocycles. The number of hydrogen-bond acceptors (Lipinski definition) is 6. The summed E-state index contributed by atoms with van der Waals surface area (Å²) in [6, 6.07) is 6.21. The molecule has 2 saturated heterocycles. The van der Waals surface area contributed by atoms with Crippen LogP contribution < -0.4 is 15.5 Å². The number of anilines is 1. The molecule has 3 fully saturated rings. The molecule has 4 atom stereocenters. The highest BCUT2D eigenvalue weighted by molar-refractivity contribution is 5.90. The molecule has 1 saturated carbocycles. The highest BCUT2D eigenvalue weighted by Crippen LogP contribution is 2.62. The van der Waals surface area contributed by atoms with Crippen molar-refractivity contribution in [2.24, 2.45) is 11.8 Å². The number of carbonyl (C=O) groups is 2. The van der Waals surface area contributed by atoms with Crippen LogP contribution in [0.15, 0.2) is 30.6 Å². The Hall–Kier alpha value is -3.58. The van der Waals surface area contributed by atoms with Gasteiger partial charge in [-0.3, -0.25) is 14.7 Å². The van der Waals surface area contributed by atoms with E-state index in [0.29, 0.717) is 18.7 Å². The van der Waals surface area contributed by atoms with Crippen LogP contribution in [-0.4, -0.2) is 49.3 Å². The number of nitrogens with one attached hydrogen (secondary N) is 2. The molecule has 0 spiro atoms. The molecule has 33 heavy (non-hydrogen) atoms. The van der Waals surface area contributed by atoms with E-state index in [0.717, 1.165) is 17.0 Å². The summed E-state index contributed by atoms with van der Waals surface area (Å²) in [6.45, 7) is 2.85. The van der Waals surface area contributed by atoms with Crippen LogP contribution in [0.5, 0.6) is 0 Å². The highest BCUT2D eigenvalue weighted by Gasteiger charge is 2.68. The molecule has 2 amide bonds. The van der Waals surface area contributed by atoms with Crippen molar-refractivity contribution >= 4 is 17.7 Å². The fourth-order valence-corrected chi connectivity index (χ4v) is 5.19. The average molecular weight is 453 g/mol. The van der Waals surface area contributed by atoms with Crippen LogP contribution in [0, 0.1) is 34.8 Å². The van der Waals surface area contributed by atoms with Gasteiger partial charge in [0.1, 0.15) is 17.7 Å². The Morgan fingerprint density at radius 1 is 1.36 bits per heavy atom. The Kier molecular flexibility index (Phi) is 5.01. The van der Waals surface area contributed by atoms with Crippen molar-refractivity contribution < 1.29 is 23.1 Å². The summed E-state index contributed by atoms with van der Waals surface area (Å²) in [6.07, 6.45) is 1.53. The lowest BCUT2D eigenvalue weighted by Gasteiger charge is -2.20. The second-order valence-corrected chi connectivity index (χ2v) is 8.61. The van der Waals surface area contributed by atoms with Gasteiger partial charge in [0.25, 0.3) is 0 Å². The molecule has 1 aromatic heterocycles. The van der Waals surface area contributed by atoms with Crippen molar-refractivity contribution in [2.75, 3.05) is 31.1 Å². The van der Waals surface area contributed by atoms with Gasteiger partial charge in [0, 0.05) is 49.8 Å². The maximum absolute atomic E-state index is 15.3. The lowest BCUT2D eigenvalue weighted by Crippen LogP contribution is -2.33. The Balaban J connectivity index is 1.48. The summed E-state index contributed by atoms with van der Waals surface area (Å²) in [7, 11) is 0. The number of pyridine rings is 1. The van der Waals surface area contributed by atoms with Gasteiger partial charge in [0.2, 0.25) is 5.91 Å². The van der Waals surface area contributed by atoms with Crippen LogP contribution in [-0.2, 0) is 14.9 Å². The van der Waals surface area contributed by atoms with Gasteiger partial charge in [0.05, 0.1) is 35.8 Å². The first kappa shape index (κ1) is 21.3.